The normalized spacial score (nSPS) is 27.8. The summed E-state index contributed by atoms with van der Waals surface area (Å²) in [4.78, 5) is 68.2. The van der Waals surface area contributed by atoms with Crippen LogP contribution in [0.4, 0.5) is 4.79 Å². The number of methoxy groups -OCH3 is 1. The molecule has 3 saturated carbocycles. The average Bonchev–Trinajstić information content (AvgIpc) is 3.43. The van der Waals surface area contributed by atoms with Crippen LogP contribution in [0.25, 0.3) is 0 Å². The molecule has 2 bridgehead atoms. The summed E-state index contributed by atoms with van der Waals surface area (Å²) in [6.45, 7) is 13.7. The van der Waals surface area contributed by atoms with E-state index in [-0.39, 0.29) is 49.2 Å². The molecular weight excluding hydrogens is 633 g/mol. The molecule has 3 aliphatic carbocycles. The zero-order chi connectivity index (χ0) is 36.1. The van der Waals surface area contributed by atoms with Gasteiger partial charge in [0.05, 0.1) is 18.8 Å². The Morgan fingerprint density at radius 3 is 2.41 bits per heavy atom. The highest BCUT2D eigenvalue weighted by molar-refractivity contribution is 6.50. The average molecular weight is 684 g/mol. The van der Waals surface area contributed by atoms with Crippen LogP contribution in [0.1, 0.15) is 71.7 Å². The van der Waals surface area contributed by atoms with Crippen LogP contribution in [-0.4, -0.2) is 110 Å². The number of benzene rings is 1. The van der Waals surface area contributed by atoms with Crippen molar-refractivity contribution in [3.63, 3.8) is 0 Å². The first kappa shape index (κ1) is 36.6. The number of nitrogens with two attached hydrogens (primary N) is 1. The van der Waals surface area contributed by atoms with E-state index in [9.17, 15) is 24.0 Å². The maximum Gasteiger partial charge on any atom is 0.489 e. The summed E-state index contributed by atoms with van der Waals surface area (Å²) in [5.74, 6) is -2.17. The molecule has 0 radical (unpaired) electrons. The third-order valence-electron chi connectivity index (χ3n) is 11.6. The van der Waals surface area contributed by atoms with Gasteiger partial charge in [0.1, 0.15) is 29.4 Å². The summed E-state index contributed by atoms with van der Waals surface area (Å²) in [6, 6.07) is 4.41. The number of esters is 1. The molecule has 5 fully saturated rings. The van der Waals surface area contributed by atoms with E-state index in [0.29, 0.717) is 18.2 Å². The second-order valence-electron chi connectivity index (χ2n) is 15.4. The standard InChI is InChI=1S/C34H50BN5O9/c1-9-39-14-15-40(28(43)27(39)42)30(45)37-22(18-36)26(41)38-34(31(2,3)4,19-47-29(44)21-12-10-11-13-23(21)46-8)35-48-25-17-20-16-24(32(20,5)6)33(25,7)49-35/h10-13,20,22,24-25H,9,14-19,36H2,1-8H3,(H,37,45)(H,38,41)/t20-,22+,24-,25+,33-,34-/m0/s1. The molecule has 15 heteroatoms. The van der Waals surface area contributed by atoms with Crippen molar-refractivity contribution in [3.8, 4) is 5.75 Å². The number of nitrogens with one attached hydrogen (secondary N) is 2. The minimum Gasteiger partial charge on any atom is -0.496 e. The lowest BCUT2D eigenvalue weighted by Crippen LogP contribution is -2.72. The van der Waals surface area contributed by atoms with E-state index < -0.39 is 59.3 Å². The molecule has 5 amide bonds. The van der Waals surface area contributed by atoms with Crippen molar-refractivity contribution in [1.82, 2.24) is 20.4 Å². The highest BCUT2D eigenvalue weighted by Crippen LogP contribution is 2.66. The molecule has 1 aromatic rings. The summed E-state index contributed by atoms with van der Waals surface area (Å²) >= 11 is 0. The quantitative estimate of drug-likeness (QED) is 0.187. The number of rotatable bonds is 10. The third-order valence-corrected chi connectivity index (χ3v) is 11.6. The van der Waals surface area contributed by atoms with E-state index in [2.05, 4.69) is 31.4 Å². The number of nitrogens with zero attached hydrogens (tertiary/aromatic N) is 2. The minimum atomic E-state index is -1.49. The molecule has 268 valence electrons. The van der Waals surface area contributed by atoms with Crippen molar-refractivity contribution in [1.29, 1.82) is 0 Å². The highest BCUT2D eigenvalue weighted by Gasteiger charge is 2.72. The fourth-order valence-corrected chi connectivity index (χ4v) is 8.00. The number of para-hydroxylation sites is 1. The Kier molecular flexibility index (Phi) is 9.87. The van der Waals surface area contributed by atoms with Crippen molar-refractivity contribution >= 4 is 36.8 Å². The van der Waals surface area contributed by atoms with Gasteiger partial charge >= 0.3 is 30.9 Å². The van der Waals surface area contributed by atoms with Crippen LogP contribution in [0.3, 0.4) is 0 Å². The van der Waals surface area contributed by atoms with Crippen molar-refractivity contribution in [2.75, 3.05) is 39.9 Å². The van der Waals surface area contributed by atoms with Crippen LogP contribution < -0.4 is 21.1 Å². The summed E-state index contributed by atoms with van der Waals surface area (Å²) in [5, 5.41) is 5.57. The number of hydrogen-bond acceptors (Lipinski definition) is 10. The second-order valence-corrected chi connectivity index (χ2v) is 15.4. The first-order valence-electron chi connectivity index (χ1n) is 17.0. The molecule has 4 N–H and O–H groups in total. The largest absolute Gasteiger partial charge is 0.496 e. The van der Waals surface area contributed by atoms with Gasteiger partial charge < -0.3 is 40.0 Å². The number of amides is 5. The van der Waals surface area contributed by atoms with Gasteiger partial charge in [0.25, 0.3) is 0 Å². The van der Waals surface area contributed by atoms with Gasteiger partial charge in [-0.05, 0) is 61.5 Å². The molecule has 6 atom stereocenters. The molecule has 6 rings (SSSR count). The lowest BCUT2D eigenvalue weighted by molar-refractivity contribution is -0.199. The maximum atomic E-state index is 14.2. The van der Waals surface area contributed by atoms with Crippen LogP contribution >= 0.6 is 0 Å². The Bertz CT molecular complexity index is 1500. The Morgan fingerprint density at radius 1 is 1.10 bits per heavy atom. The van der Waals surface area contributed by atoms with Crippen molar-refractivity contribution in [2.45, 2.75) is 84.5 Å². The molecular formula is C34H50BN5O9. The topological polar surface area (TPSA) is 179 Å². The van der Waals surface area contributed by atoms with Crippen molar-refractivity contribution in [3.05, 3.63) is 29.8 Å². The van der Waals surface area contributed by atoms with Crippen LogP contribution in [0, 0.1) is 22.7 Å². The smallest absolute Gasteiger partial charge is 0.489 e. The van der Waals surface area contributed by atoms with Gasteiger partial charge in [-0.25, -0.2) is 9.59 Å². The number of imide groups is 1. The monoisotopic (exact) mass is 683 g/mol. The van der Waals surface area contributed by atoms with E-state index in [1.54, 1.807) is 31.2 Å². The van der Waals surface area contributed by atoms with Gasteiger partial charge in [0, 0.05) is 26.2 Å². The summed E-state index contributed by atoms with van der Waals surface area (Å²) in [7, 11) is 0.401. The number of carbonyl (C=O) groups excluding carboxylic acids is 5. The Hall–Kier alpha value is -3.69. The fraction of sp³-hybridized carbons (Fsp3) is 0.676. The van der Waals surface area contributed by atoms with E-state index in [0.717, 1.165) is 17.7 Å². The van der Waals surface area contributed by atoms with Crippen molar-refractivity contribution in [2.24, 2.45) is 28.4 Å². The fourth-order valence-electron chi connectivity index (χ4n) is 8.00. The van der Waals surface area contributed by atoms with E-state index in [1.807, 2.05) is 20.8 Å². The number of likely N-dealkylation sites (N-methyl/N-ethyl adjacent to an activating group) is 1. The zero-order valence-electron chi connectivity index (χ0n) is 29.8. The van der Waals surface area contributed by atoms with Crippen LogP contribution in [-0.2, 0) is 28.4 Å². The lowest BCUT2D eigenvalue weighted by atomic mass is 9.43. The zero-order valence-corrected chi connectivity index (χ0v) is 29.8. The van der Waals surface area contributed by atoms with E-state index >= 15 is 0 Å². The van der Waals surface area contributed by atoms with Gasteiger partial charge in [-0.15, -0.1) is 0 Å². The summed E-state index contributed by atoms with van der Waals surface area (Å²) in [5.41, 5.74) is 3.25. The first-order valence-corrected chi connectivity index (χ1v) is 17.0. The van der Waals surface area contributed by atoms with Crippen molar-refractivity contribution < 1.29 is 42.8 Å². The van der Waals surface area contributed by atoms with E-state index in [4.69, 9.17) is 24.5 Å². The number of carbonyl (C=O) groups is 5. The molecule has 2 heterocycles. The predicted molar refractivity (Wildman–Crippen MR) is 179 cm³/mol. The van der Waals surface area contributed by atoms with Gasteiger partial charge in [0.2, 0.25) is 5.91 Å². The second kappa shape index (κ2) is 13.2. The maximum absolute atomic E-state index is 14.2. The minimum absolute atomic E-state index is 0.0315. The molecule has 0 unspecified atom stereocenters. The Balaban J connectivity index is 1.44. The number of urea groups is 1. The first-order chi connectivity index (χ1) is 22.9. The number of hydrogen-bond donors (Lipinski definition) is 3. The molecule has 5 aliphatic rings. The van der Waals surface area contributed by atoms with Crippen LogP contribution in [0.2, 0.25) is 0 Å². The van der Waals surface area contributed by atoms with Crippen LogP contribution in [0.5, 0.6) is 5.75 Å². The lowest BCUT2D eigenvalue weighted by Gasteiger charge is -2.64. The Morgan fingerprint density at radius 2 is 1.80 bits per heavy atom. The third kappa shape index (κ3) is 6.18. The molecule has 0 aromatic heterocycles. The molecule has 1 aromatic carbocycles. The summed E-state index contributed by atoms with van der Waals surface area (Å²) < 4.78 is 24.9. The SMILES string of the molecule is CCN1CCN(C(=O)N[C@H](CN)C(=O)N[C@](COC(=O)c2ccccc2OC)(B2O[C@@H]3C[C@@H]4C[C@@H](C4(C)C)[C@]3(C)O2)C(C)(C)C)C(=O)C1=O. The molecule has 2 saturated heterocycles. The highest BCUT2D eigenvalue weighted by atomic mass is 16.7. The van der Waals surface area contributed by atoms with Gasteiger partial charge in [-0.1, -0.05) is 46.8 Å². The van der Waals surface area contributed by atoms with Gasteiger partial charge in [-0.2, -0.15) is 0 Å². The van der Waals surface area contributed by atoms with Crippen LogP contribution in [0.15, 0.2) is 24.3 Å². The number of ether oxygens (including phenoxy) is 2. The molecule has 14 nitrogen and oxygen atoms in total. The number of piperazine rings is 1. The summed E-state index contributed by atoms with van der Waals surface area (Å²) in [6.07, 6.45) is 1.53. The molecule has 49 heavy (non-hydrogen) atoms. The van der Waals surface area contributed by atoms with E-state index in [1.165, 1.54) is 12.0 Å². The van der Waals surface area contributed by atoms with Gasteiger partial charge in [-0.3, -0.25) is 19.3 Å². The predicted octanol–water partition coefficient (Wildman–Crippen LogP) is 1.75. The Labute approximate surface area is 288 Å². The molecule has 2 aliphatic heterocycles. The molecule has 0 spiro atoms. The van der Waals surface area contributed by atoms with Gasteiger partial charge in [0.15, 0.2) is 0 Å².